The first-order chi connectivity index (χ1) is 15.3. The minimum absolute atomic E-state index is 0.670. The molecule has 0 saturated heterocycles. The van der Waals surface area contributed by atoms with Crippen LogP contribution in [0.2, 0.25) is 0 Å². The predicted octanol–water partition coefficient (Wildman–Crippen LogP) is 7.94. The van der Waals surface area contributed by atoms with Crippen LogP contribution in [0.4, 0.5) is 0 Å². The third-order valence-corrected chi connectivity index (χ3v) is 5.94. The Kier molecular flexibility index (Phi) is 3.88. The van der Waals surface area contributed by atoms with Gasteiger partial charge in [0.15, 0.2) is 0 Å². The molecule has 2 heteroatoms. The molecule has 0 aliphatic rings. The fraction of sp³-hybridized carbons (Fsp3) is 0. The molecule has 0 atom stereocenters. The van der Waals surface area contributed by atoms with E-state index in [1.165, 1.54) is 16.3 Å². The molecule has 0 radical (unpaired) electrons. The quantitative estimate of drug-likeness (QED) is 0.298. The van der Waals surface area contributed by atoms with Crippen molar-refractivity contribution < 1.29 is 4.42 Å². The summed E-state index contributed by atoms with van der Waals surface area (Å²) in [6.45, 7) is 0. The van der Waals surface area contributed by atoms with Crippen LogP contribution in [0.15, 0.2) is 108 Å². The summed E-state index contributed by atoms with van der Waals surface area (Å²) in [5.74, 6) is 0. The minimum Gasteiger partial charge on any atom is -0.456 e. The van der Waals surface area contributed by atoms with E-state index >= 15 is 0 Å². The van der Waals surface area contributed by atoms with Gasteiger partial charge in [0.1, 0.15) is 11.2 Å². The molecule has 0 amide bonds. The van der Waals surface area contributed by atoms with Gasteiger partial charge in [0.05, 0.1) is 11.6 Å². The number of hydrogen-bond donors (Lipinski definition) is 0. The molecule has 31 heavy (non-hydrogen) atoms. The van der Waals surface area contributed by atoms with Crippen LogP contribution in [0.3, 0.4) is 0 Å². The maximum Gasteiger partial charge on any atom is 0.136 e. The number of nitrogens with zero attached hydrogens (tertiary/aromatic N) is 1. The van der Waals surface area contributed by atoms with Crippen molar-refractivity contribution >= 4 is 32.7 Å². The zero-order valence-electron chi connectivity index (χ0n) is 16.7. The molecule has 6 aromatic rings. The van der Waals surface area contributed by atoms with Crippen molar-refractivity contribution in [3.05, 3.63) is 109 Å². The van der Waals surface area contributed by atoms with E-state index in [1.54, 1.807) is 0 Å². The molecule has 144 valence electrons. The van der Waals surface area contributed by atoms with Crippen LogP contribution < -0.4 is 0 Å². The van der Waals surface area contributed by atoms with E-state index in [9.17, 15) is 0 Å². The number of furan rings is 1. The van der Waals surface area contributed by atoms with Crippen molar-refractivity contribution in [3.63, 3.8) is 0 Å². The molecule has 0 spiro atoms. The van der Waals surface area contributed by atoms with Gasteiger partial charge < -0.3 is 4.42 Å². The van der Waals surface area contributed by atoms with Crippen molar-refractivity contribution in [2.45, 2.75) is 0 Å². The second-order valence-electron chi connectivity index (χ2n) is 7.70. The number of fused-ring (bicyclic) bond motifs is 4. The average Bonchev–Trinajstić information content (AvgIpc) is 3.21. The van der Waals surface area contributed by atoms with Gasteiger partial charge in [-0.2, -0.15) is 5.26 Å². The van der Waals surface area contributed by atoms with Crippen LogP contribution in [-0.4, -0.2) is 0 Å². The number of hydrogen-bond acceptors (Lipinski definition) is 2. The molecular formula is C29H17NO. The molecule has 0 bridgehead atoms. The molecule has 6 rings (SSSR count). The Bertz CT molecular complexity index is 1630. The van der Waals surface area contributed by atoms with Gasteiger partial charge in [-0.25, -0.2) is 0 Å². The molecule has 0 saturated carbocycles. The maximum absolute atomic E-state index is 9.10. The molecule has 1 heterocycles. The van der Waals surface area contributed by atoms with Crippen LogP contribution in [0, 0.1) is 11.3 Å². The highest BCUT2D eigenvalue weighted by Gasteiger charge is 2.12. The van der Waals surface area contributed by atoms with Crippen LogP contribution in [0.25, 0.3) is 55.0 Å². The van der Waals surface area contributed by atoms with E-state index in [4.69, 9.17) is 9.68 Å². The van der Waals surface area contributed by atoms with Gasteiger partial charge in [0, 0.05) is 10.8 Å². The molecule has 0 N–H and O–H groups in total. The van der Waals surface area contributed by atoms with Gasteiger partial charge >= 0.3 is 0 Å². The Morgan fingerprint density at radius 1 is 0.516 bits per heavy atom. The van der Waals surface area contributed by atoms with Crippen molar-refractivity contribution in [2.75, 3.05) is 0 Å². The molecule has 5 aromatic carbocycles. The van der Waals surface area contributed by atoms with Gasteiger partial charge in [-0.15, -0.1) is 0 Å². The Labute approximate surface area is 179 Å². The lowest BCUT2D eigenvalue weighted by atomic mass is 9.91. The normalized spacial score (nSPS) is 11.2. The minimum atomic E-state index is 0.670. The smallest absolute Gasteiger partial charge is 0.136 e. The summed E-state index contributed by atoms with van der Waals surface area (Å²) < 4.78 is 6.12. The monoisotopic (exact) mass is 395 g/mol. The summed E-state index contributed by atoms with van der Waals surface area (Å²) in [5, 5.41) is 13.8. The highest BCUT2D eigenvalue weighted by atomic mass is 16.3. The van der Waals surface area contributed by atoms with Crippen LogP contribution in [-0.2, 0) is 0 Å². The van der Waals surface area contributed by atoms with Gasteiger partial charge in [-0.1, -0.05) is 72.8 Å². The summed E-state index contributed by atoms with van der Waals surface area (Å²) in [6.07, 6.45) is 0. The van der Waals surface area contributed by atoms with Crippen LogP contribution >= 0.6 is 0 Å². The zero-order valence-corrected chi connectivity index (χ0v) is 16.7. The van der Waals surface area contributed by atoms with Crippen molar-refractivity contribution in [2.24, 2.45) is 0 Å². The largest absolute Gasteiger partial charge is 0.456 e. The highest BCUT2D eigenvalue weighted by molar-refractivity contribution is 6.08. The fourth-order valence-corrected chi connectivity index (χ4v) is 4.42. The first-order valence-corrected chi connectivity index (χ1v) is 10.3. The number of rotatable bonds is 2. The molecule has 0 aliphatic heterocycles. The number of benzene rings is 5. The van der Waals surface area contributed by atoms with Crippen molar-refractivity contribution in [1.29, 1.82) is 5.26 Å². The van der Waals surface area contributed by atoms with Gasteiger partial charge in [-0.05, 0) is 63.4 Å². The predicted molar refractivity (Wildman–Crippen MR) is 127 cm³/mol. The highest BCUT2D eigenvalue weighted by Crippen LogP contribution is 2.38. The van der Waals surface area contributed by atoms with E-state index in [-0.39, 0.29) is 0 Å². The summed E-state index contributed by atoms with van der Waals surface area (Å²) >= 11 is 0. The summed E-state index contributed by atoms with van der Waals surface area (Å²) in [7, 11) is 0. The van der Waals surface area contributed by atoms with E-state index in [0.717, 1.165) is 38.6 Å². The van der Waals surface area contributed by atoms with Gasteiger partial charge in [0.2, 0.25) is 0 Å². The molecular weight excluding hydrogens is 378 g/mol. The lowest BCUT2D eigenvalue weighted by Gasteiger charge is -2.12. The molecule has 2 nitrogen and oxygen atoms in total. The van der Waals surface area contributed by atoms with Gasteiger partial charge in [0.25, 0.3) is 0 Å². The zero-order chi connectivity index (χ0) is 20.8. The summed E-state index contributed by atoms with van der Waals surface area (Å²) in [5.41, 5.74) is 7.06. The first kappa shape index (κ1) is 17.5. The lowest BCUT2D eigenvalue weighted by molar-refractivity contribution is 0.669. The Balaban J connectivity index is 1.55. The van der Waals surface area contributed by atoms with Crippen LogP contribution in [0.5, 0.6) is 0 Å². The van der Waals surface area contributed by atoms with E-state index in [1.807, 2.05) is 42.5 Å². The Morgan fingerprint density at radius 3 is 1.81 bits per heavy atom. The topological polar surface area (TPSA) is 36.9 Å². The second kappa shape index (κ2) is 6.86. The number of para-hydroxylation sites is 1. The van der Waals surface area contributed by atoms with E-state index < -0.39 is 0 Å². The van der Waals surface area contributed by atoms with Gasteiger partial charge in [-0.3, -0.25) is 0 Å². The summed E-state index contributed by atoms with van der Waals surface area (Å²) in [4.78, 5) is 0. The first-order valence-electron chi connectivity index (χ1n) is 10.3. The van der Waals surface area contributed by atoms with Crippen molar-refractivity contribution in [3.8, 4) is 28.3 Å². The van der Waals surface area contributed by atoms with E-state index in [0.29, 0.717) is 5.56 Å². The SMILES string of the molecule is N#Cc1ccc(-c2ccc(-c3ccc4c(c3)oc3ccccc34)c3ccccc23)cc1. The molecule has 0 aliphatic carbocycles. The Hall–Kier alpha value is -4.35. The van der Waals surface area contributed by atoms with Crippen molar-refractivity contribution in [1.82, 2.24) is 0 Å². The molecule has 0 unspecified atom stereocenters. The maximum atomic E-state index is 9.10. The fourth-order valence-electron chi connectivity index (χ4n) is 4.42. The standard InChI is InChI=1S/C29H17NO/c30-18-19-9-11-20(12-10-19)22-15-16-23(25-6-2-1-5-24(22)25)21-13-14-27-26-7-3-4-8-28(26)31-29(27)17-21/h1-17H. The third-order valence-electron chi connectivity index (χ3n) is 5.94. The number of nitriles is 1. The molecule has 1 aromatic heterocycles. The Morgan fingerprint density at radius 2 is 1.10 bits per heavy atom. The average molecular weight is 395 g/mol. The summed E-state index contributed by atoms with van der Waals surface area (Å²) in [6, 6.07) is 37.4. The molecule has 0 fully saturated rings. The lowest BCUT2D eigenvalue weighted by Crippen LogP contribution is -1.86. The second-order valence-corrected chi connectivity index (χ2v) is 7.70. The van der Waals surface area contributed by atoms with Crippen LogP contribution in [0.1, 0.15) is 5.56 Å². The van der Waals surface area contributed by atoms with E-state index in [2.05, 4.69) is 66.7 Å². The third kappa shape index (κ3) is 2.79.